The number of carbonyl (C=O) groups is 1. The summed E-state index contributed by atoms with van der Waals surface area (Å²) in [6, 6.07) is 7.02. The summed E-state index contributed by atoms with van der Waals surface area (Å²) in [4.78, 5) is 10.8. The number of rotatable bonds is 5. The third kappa shape index (κ3) is 4.76. The van der Waals surface area contributed by atoms with E-state index < -0.39 is 11.7 Å². The lowest BCUT2D eigenvalue weighted by molar-refractivity contribution is -0.132. The molecule has 0 aliphatic rings. The van der Waals surface area contributed by atoms with Crippen molar-refractivity contribution >= 4 is 5.97 Å². The van der Waals surface area contributed by atoms with Crippen LogP contribution in [0.1, 0.15) is 31.0 Å². The molecule has 1 aromatic heterocycles. The molecule has 2 aromatic rings. The standard InChI is InChI=1S/C17H19N5O3/c1-11(2)22-10-13(9-20-22)4-3-12-5-7-14(8-6-12)25-16(21-19)15(18)17(23)24/h5-11,21H,18-19H2,1-2H3,(H,23,24)/b16-15+. The molecule has 0 fully saturated rings. The van der Waals surface area contributed by atoms with E-state index in [1.165, 1.54) is 0 Å². The molecule has 0 spiro atoms. The number of nitrogens with zero attached hydrogens (tertiary/aromatic N) is 2. The van der Waals surface area contributed by atoms with E-state index >= 15 is 0 Å². The topological polar surface area (TPSA) is 128 Å². The highest BCUT2D eigenvalue weighted by Crippen LogP contribution is 2.15. The quantitative estimate of drug-likeness (QED) is 0.209. The van der Waals surface area contributed by atoms with E-state index in [2.05, 4.69) is 22.4 Å². The lowest BCUT2D eigenvalue weighted by Gasteiger charge is -2.10. The molecular weight excluding hydrogens is 322 g/mol. The normalized spacial score (nSPS) is 11.4. The average Bonchev–Trinajstić information content (AvgIpc) is 3.07. The number of nitrogens with one attached hydrogen (secondary N) is 1. The summed E-state index contributed by atoms with van der Waals surface area (Å²) in [5, 5.41) is 13.1. The summed E-state index contributed by atoms with van der Waals surface area (Å²) >= 11 is 0. The molecule has 0 amide bonds. The first-order chi connectivity index (χ1) is 11.9. The summed E-state index contributed by atoms with van der Waals surface area (Å²) in [5.74, 6) is 10.1. The molecule has 0 bridgehead atoms. The number of hydrogen-bond acceptors (Lipinski definition) is 6. The molecule has 8 heteroatoms. The van der Waals surface area contributed by atoms with Gasteiger partial charge in [-0.15, -0.1) is 0 Å². The minimum atomic E-state index is -1.34. The first-order valence-corrected chi connectivity index (χ1v) is 7.44. The van der Waals surface area contributed by atoms with Gasteiger partial charge in [-0.05, 0) is 38.1 Å². The average molecular weight is 341 g/mol. The van der Waals surface area contributed by atoms with Gasteiger partial charge >= 0.3 is 5.97 Å². The molecule has 0 saturated heterocycles. The molecule has 25 heavy (non-hydrogen) atoms. The van der Waals surface area contributed by atoms with Crippen molar-refractivity contribution in [1.29, 1.82) is 0 Å². The number of carboxylic acid groups (broad SMARTS) is 1. The fourth-order valence-corrected chi connectivity index (χ4v) is 1.81. The van der Waals surface area contributed by atoms with Crippen molar-refractivity contribution < 1.29 is 14.6 Å². The summed E-state index contributed by atoms with van der Waals surface area (Å²) in [6.07, 6.45) is 3.59. The van der Waals surface area contributed by atoms with Gasteiger partial charge in [-0.3, -0.25) is 10.1 Å². The fourth-order valence-electron chi connectivity index (χ4n) is 1.81. The molecule has 0 unspecified atom stereocenters. The number of ether oxygens (including phenoxy) is 1. The van der Waals surface area contributed by atoms with Gasteiger partial charge in [0, 0.05) is 17.8 Å². The van der Waals surface area contributed by atoms with E-state index in [-0.39, 0.29) is 11.9 Å². The Morgan fingerprint density at radius 1 is 1.28 bits per heavy atom. The third-order valence-corrected chi connectivity index (χ3v) is 3.16. The van der Waals surface area contributed by atoms with Crippen molar-refractivity contribution in [3.05, 3.63) is 59.4 Å². The van der Waals surface area contributed by atoms with Crippen molar-refractivity contribution in [3.8, 4) is 17.6 Å². The second-order valence-electron chi connectivity index (χ2n) is 5.37. The summed E-state index contributed by atoms with van der Waals surface area (Å²) < 4.78 is 7.15. The van der Waals surface area contributed by atoms with Gasteiger partial charge < -0.3 is 15.6 Å². The van der Waals surface area contributed by atoms with Gasteiger partial charge in [-0.2, -0.15) is 5.10 Å². The van der Waals surface area contributed by atoms with Crippen molar-refractivity contribution in [2.75, 3.05) is 0 Å². The second kappa shape index (κ2) is 7.90. The van der Waals surface area contributed by atoms with Gasteiger partial charge in [0.2, 0.25) is 5.88 Å². The van der Waals surface area contributed by atoms with Crippen LogP contribution in [0.4, 0.5) is 0 Å². The van der Waals surface area contributed by atoms with E-state index in [4.69, 9.17) is 21.4 Å². The van der Waals surface area contributed by atoms with Crippen molar-refractivity contribution in [2.45, 2.75) is 19.9 Å². The summed E-state index contributed by atoms with van der Waals surface area (Å²) in [7, 11) is 0. The zero-order valence-corrected chi connectivity index (χ0v) is 13.9. The van der Waals surface area contributed by atoms with Gasteiger partial charge in [0.25, 0.3) is 0 Å². The monoisotopic (exact) mass is 341 g/mol. The number of carboxylic acids is 1. The van der Waals surface area contributed by atoms with E-state index in [9.17, 15) is 4.79 Å². The molecule has 1 aromatic carbocycles. The van der Waals surface area contributed by atoms with E-state index in [1.54, 1.807) is 30.5 Å². The number of aromatic nitrogens is 2. The fraction of sp³-hybridized carbons (Fsp3) is 0.176. The summed E-state index contributed by atoms with van der Waals surface area (Å²) in [5.41, 5.74) is 8.55. The third-order valence-electron chi connectivity index (χ3n) is 3.16. The Morgan fingerprint density at radius 3 is 2.44 bits per heavy atom. The first kappa shape index (κ1) is 17.9. The predicted octanol–water partition coefficient (Wildman–Crippen LogP) is 0.918. The van der Waals surface area contributed by atoms with Gasteiger partial charge in [-0.1, -0.05) is 11.8 Å². The summed E-state index contributed by atoms with van der Waals surface area (Å²) in [6.45, 7) is 4.08. The Morgan fingerprint density at radius 2 is 1.92 bits per heavy atom. The Labute approximate surface area is 145 Å². The largest absolute Gasteiger partial charge is 0.476 e. The van der Waals surface area contributed by atoms with E-state index in [0.29, 0.717) is 5.75 Å². The van der Waals surface area contributed by atoms with Crippen molar-refractivity contribution in [3.63, 3.8) is 0 Å². The minimum Gasteiger partial charge on any atom is -0.476 e. The first-order valence-electron chi connectivity index (χ1n) is 7.44. The second-order valence-corrected chi connectivity index (χ2v) is 5.37. The number of benzene rings is 1. The van der Waals surface area contributed by atoms with Crippen LogP contribution in [-0.2, 0) is 4.79 Å². The highest BCUT2D eigenvalue weighted by Gasteiger charge is 2.12. The molecule has 8 nitrogen and oxygen atoms in total. The maximum Gasteiger partial charge on any atom is 0.357 e. The zero-order chi connectivity index (χ0) is 18.4. The minimum absolute atomic E-state index is 0.243. The molecule has 2 rings (SSSR count). The lowest BCUT2D eigenvalue weighted by Crippen LogP contribution is -2.31. The molecule has 130 valence electrons. The van der Waals surface area contributed by atoms with Crippen LogP contribution in [-0.4, -0.2) is 20.9 Å². The number of aliphatic carboxylic acids is 1. The molecule has 1 heterocycles. The van der Waals surface area contributed by atoms with Crippen LogP contribution < -0.4 is 21.7 Å². The van der Waals surface area contributed by atoms with Crippen LogP contribution in [0.3, 0.4) is 0 Å². The van der Waals surface area contributed by atoms with Crippen molar-refractivity contribution in [2.24, 2.45) is 11.6 Å². The van der Waals surface area contributed by atoms with Crippen LogP contribution in [0.15, 0.2) is 48.2 Å². The number of hydrogen-bond donors (Lipinski definition) is 4. The highest BCUT2D eigenvalue weighted by molar-refractivity contribution is 5.85. The molecule has 0 radical (unpaired) electrons. The molecule has 0 aliphatic carbocycles. The molecule has 0 atom stereocenters. The van der Waals surface area contributed by atoms with Crippen LogP contribution in [0, 0.1) is 11.8 Å². The maximum atomic E-state index is 10.8. The Kier molecular flexibility index (Phi) is 5.66. The number of nitrogens with two attached hydrogens (primary N) is 2. The van der Waals surface area contributed by atoms with Crippen LogP contribution in [0.25, 0.3) is 0 Å². The maximum absolute atomic E-state index is 10.8. The Balaban J connectivity index is 2.11. The smallest absolute Gasteiger partial charge is 0.357 e. The predicted molar refractivity (Wildman–Crippen MR) is 91.8 cm³/mol. The highest BCUT2D eigenvalue weighted by atomic mass is 16.5. The van der Waals surface area contributed by atoms with Gasteiger partial charge in [0.1, 0.15) is 5.75 Å². The molecule has 0 saturated carbocycles. The Hall–Kier alpha value is -3.44. The van der Waals surface area contributed by atoms with Crippen LogP contribution in [0.2, 0.25) is 0 Å². The van der Waals surface area contributed by atoms with Gasteiger partial charge in [-0.25, -0.2) is 10.6 Å². The van der Waals surface area contributed by atoms with Crippen LogP contribution >= 0.6 is 0 Å². The van der Waals surface area contributed by atoms with Crippen LogP contribution in [0.5, 0.6) is 5.75 Å². The zero-order valence-electron chi connectivity index (χ0n) is 13.9. The van der Waals surface area contributed by atoms with E-state index in [1.807, 2.05) is 24.7 Å². The Bertz CT molecular complexity index is 841. The lowest BCUT2D eigenvalue weighted by atomic mass is 10.2. The van der Waals surface area contributed by atoms with Gasteiger partial charge in [0.15, 0.2) is 5.70 Å². The van der Waals surface area contributed by atoms with E-state index in [0.717, 1.165) is 11.1 Å². The SMILES string of the molecule is CC(C)n1cc(C#Cc2ccc(O/C(NN)=C(/N)C(=O)O)cc2)cn1. The van der Waals surface area contributed by atoms with Gasteiger partial charge in [0.05, 0.1) is 11.8 Å². The molecule has 0 aliphatic heterocycles. The molecular formula is C17H19N5O3. The molecule has 6 N–H and O–H groups in total. The van der Waals surface area contributed by atoms with Crippen molar-refractivity contribution in [1.82, 2.24) is 15.2 Å². The number of hydrazine groups is 1.